The Morgan fingerprint density at radius 2 is 2.21 bits per heavy atom. The van der Waals surface area contributed by atoms with E-state index in [1.165, 1.54) is 6.07 Å². The van der Waals surface area contributed by atoms with Crippen LogP contribution in [-0.2, 0) is 11.2 Å². The van der Waals surface area contributed by atoms with Crippen molar-refractivity contribution in [3.8, 4) is 0 Å². The fraction of sp³-hybridized carbons (Fsp3) is 0.375. The van der Waals surface area contributed by atoms with Crippen molar-refractivity contribution in [3.05, 3.63) is 16.9 Å². The van der Waals surface area contributed by atoms with E-state index in [1.807, 2.05) is 0 Å². The summed E-state index contributed by atoms with van der Waals surface area (Å²) in [6.45, 7) is 0. The van der Waals surface area contributed by atoms with Crippen molar-refractivity contribution >= 4 is 23.5 Å². The fourth-order valence-electron chi connectivity index (χ4n) is 0.897. The number of rotatable bonds is 3. The average molecular weight is 216 g/mol. The maximum Gasteiger partial charge on any atom is 0.309 e. The molecule has 0 unspecified atom stereocenters. The van der Waals surface area contributed by atoms with Crippen molar-refractivity contribution in [1.29, 1.82) is 0 Å². The minimum absolute atomic E-state index is 0.150. The highest BCUT2D eigenvalue weighted by atomic mass is 35.5. The van der Waals surface area contributed by atoms with Crippen LogP contribution in [0.1, 0.15) is 5.69 Å². The van der Waals surface area contributed by atoms with Gasteiger partial charge in [-0.1, -0.05) is 11.6 Å². The minimum atomic E-state index is -0.940. The summed E-state index contributed by atoms with van der Waals surface area (Å²) in [5.41, 5.74) is 0.404. The summed E-state index contributed by atoms with van der Waals surface area (Å²) >= 11 is 5.71. The van der Waals surface area contributed by atoms with E-state index in [-0.39, 0.29) is 11.6 Å². The van der Waals surface area contributed by atoms with E-state index < -0.39 is 5.97 Å². The number of aromatic nitrogens is 2. The van der Waals surface area contributed by atoms with Crippen molar-refractivity contribution in [2.24, 2.45) is 0 Å². The third kappa shape index (κ3) is 2.85. The Kier molecular flexibility index (Phi) is 3.24. The molecular formula is C8H10ClN3O2. The average Bonchev–Trinajstić information content (AvgIpc) is 2.01. The zero-order chi connectivity index (χ0) is 10.7. The Balaban J connectivity index is 3.01. The molecule has 0 atom stereocenters. The molecule has 0 amide bonds. The second-order valence-corrected chi connectivity index (χ2v) is 3.33. The number of carboxylic acid groups (broad SMARTS) is 1. The highest BCUT2D eigenvalue weighted by Crippen LogP contribution is 2.12. The van der Waals surface area contributed by atoms with Gasteiger partial charge in [0.25, 0.3) is 0 Å². The van der Waals surface area contributed by atoms with E-state index in [0.29, 0.717) is 11.6 Å². The highest BCUT2D eigenvalue weighted by molar-refractivity contribution is 6.29. The van der Waals surface area contributed by atoms with Gasteiger partial charge in [-0.2, -0.15) is 0 Å². The van der Waals surface area contributed by atoms with Crippen molar-refractivity contribution < 1.29 is 9.90 Å². The molecule has 76 valence electrons. The van der Waals surface area contributed by atoms with E-state index in [0.717, 1.165) is 0 Å². The molecule has 1 aromatic rings. The Morgan fingerprint density at radius 3 is 2.71 bits per heavy atom. The van der Waals surface area contributed by atoms with Gasteiger partial charge in [-0.05, 0) is 6.07 Å². The largest absolute Gasteiger partial charge is 0.481 e. The zero-order valence-corrected chi connectivity index (χ0v) is 8.62. The highest BCUT2D eigenvalue weighted by Gasteiger charge is 2.07. The predicted molar refractivity (Wildman–Crippen MR) is 52.7 cm³/mol. The summed E-state index contributed by atoms with van der Waals surface area (Å²) in [5.74, 6) is -0.529. The third-order valence-electron chi connectivity index (χ3n) is 1.47. The molecule has 1 rings (SSSR count). The van der Waals surface area contributed by atoms with E-state index in [1.54, 1.807) is 19.0 Å². The molecule has 14 heavy (non-hydrogen) atoms. The maximum atomic E-state index is 10.4. The summed E-state index contributed by atoms with van der Waals surface area (Å²) < 4.78 is 0. The molecule has 0 saturated carbocycles. The number of hydrogen-bond donors (Lipinski definition) is 1. The van der Waals surface area contributed by atoms with Gasteiger partial charge in [0.2, 0.25) is 5.95 Å². The SMILES string of the molecule is CN(C)c1nc(Cl)cc(CC(=O)O)n1. The molecule has 0 saturated heterocycles. The van der Waals surface area contributed by atoms with Crippen LogP contribution in [0.25, 0.3) is 0 Å². The Labute approximate surface area is 86.3 Å². The van der Waals surface area contributed by atoms with Crippen molar-refractivity contribution in [3.63, 3.8) is 0 Å². The molecule has 1 aromatic heterocycles. The first-order chi connectivity index (χ1) is 6.49. The lowest BCUT2D eigenvalue weighted by molar-refractivity contribution is -0.136. The monoisotopic (exact) mass is 215 g/mol. The van der Waals surface area contributed by atoms with Gasteiger partial charge >= 0.3 is 5.97 Å². The first-order valence-electron chi connectivity index (χ1n) is 3.91. The number of halogens is 1. The first-order valence-corrected chi connectivity index (χ1v) is 4.29. The molecule has 0 aliphatic carbocycles. The molecule has 6 heteroatoms. The fourth-order valence-corrected chi connectivity index (χ4v) is 1.10. The standard InChI is InChI=1S/C8H10ClN3O2/c1-12(2)8-10-5(4-7(13)14)3-6(9)11-8/h3H,4H2,1-2H3,(H,13,14). The topological polar surface area (TPSA) is 66.3 Å². The number of carbonyl (C=O) groups is 1. The number of carboxylic acids is 1. The van der Waals surface area contributed by atoms with Crippen molar-refractivity contribution in [2.45, 2.75) is 6.42 Å². The summed E-state index contributed by atoms with van der Waals surface area (Å²) in [6, 6.07) is 1.45. The second-order valence-electron chi connectivity index (χ2n) is 2.95. The molecule has 0 aliphatic heterocycles. The minimum Gasteiger partial charge on any atom is -0.481 e. The van der Waals surface area contributed by atoms with Crippen LogP contribution < -0.4 is 4.90 Å². The summed E-state index contributed by atoms with van der Waals surface area (Å²) in [5, 5.41) is 8.82. The first kappa shape index (κ1) is 10.7. The van der Waals surface area contributed by atoms with Crippen LogP contribution in [0.4, 0.5) is 5.95 Å². The second kappa shape index (κ2) is 4.23. The zero-order valence-electron chi connectivity index (χ0n) is 7.86. The quantitative estimate of drug-likeness (QED) is 0.757. The number of nitrogens with zero attached hydrogens (tertiary/aromatic N) is 3. The molecule has 0 radical (unpaired) electrons. The van der Waals surface area contributed by atoms with E-state index in [9.17, 15) is 4.79 Å². The van der Waals surface area contributed by atoms with Gasteiger partial charge in [-0.25, -0.2) is 9.97 Å². The van der Waals surface area contributed by atoms with Crippen LogP contribution in [0.2, 0.25) is 5.15 Å². The van der Waals surface area contributed by atoms with Gasteiger partial charge in [0.05, 0.1) is 12.1 Å². The predicted octanol–water partition coefficient (Wildman–Crippen LogP) is 0.823. The van der Waals surface area contributed by atoms with Crippen LogP contribution >= 0.6 is 11.6 Å². The maximum absolute atomic E-state index is 10.4. The molecular weight excluding hydrogens is 206 g/mol. The molecule has 0 bridgehead atoms. The number of aliphatic carboxylic acids is 1. The normalized spacial score (nSPS) is 9.93. The Hall–Kier alpha value is -1.36. The van der Waals surface area contributed by atoms with Gasteiger partial charge in [0.1, 0.15) is 5.15 Å². The van der Waals surface area contributed by atoms with E-state index in [4.69, 9.17) is 16.7 Å². The Morgan fingerprint density at radius 1 is 1.57 bits per heavy atom. The van der Waals surface area contributed by atoms with Gasteiger partial charge in [-0.15, -0.1) is 0 Å². The van der Waals surface area contributed by atoms with Crippen LogP contribution in [-0.4, -0.2) is 35.1 Å². The van der Waals surface area contributed by atoms with Crippen molar-refractivity contribution in [2.75, 3.05) is 19.0 Å². The Bertz CT molecular complexity index is 354. The number of hydrogen-bond acceptors (Lipinski definition) is 4. The van der Waals surface area contributed by atoms with Gasteiger partial charge in [0, 0.05) is 14.1 Å². The molecule has 1 N–H and O–H groups in total. The van der Waals surface area contributed by atoms with Crippen LogP contribution in [0.3, 0.4) is 0 Å². The van der Waals surface area contributed by atoms with Crippen LogP contribution in [0.15, 0.2) is 6.07 Å². The van der Waals surface area contributed by atoms with Gasteiger partial charge in [0.15, 0.2) is 0 Å². The van der Waals surface area contributed by atoms with E-state index in [2.05, 4.69) is 9.97 Å². The summed E-state index contributed by atoms with van der Waals surface area (Å²) in [6.07, 6.45) is -0.150. The lowest BCUT2D eigenvalue weighted by Gasteiger charge is -2.10. The molecule has 5 nitrogen and oxygen atoms in total. The number of anilines is 1. The molecule has 0 spiro atoms. The van der Waals surface area contributed by atoms with Gasteiger partial charge < -0.3 is 10.0 Å². The van der Waals surface area contributed by atoms with Crippen LogP contribution in [0, 0.1) is 0 Å². The summed E-state index contributed by atoms with van der Waals surface area (Å²) in [7, 11) is 3.52. The lowest BCUT2D eigenvalue weighted by Crippen LogP contribution is -2.14. The van der Waals surface area contributed by atoms with Crippen LogP contribution in [0.5, 0.6) is 0 Å². The van der Waals surface area contributed by atoms with E-state index >= 15 is 0 Å². The lowest BCUT2D eigenvalue weighted by atomic mass is 10.3. The molecule has 1 heterocycles. The molecule has 0 fully saturated rings. The smallest absolute Gasteiger partial charge is 0.309 e. The summed E-state index contributed by atoms with van der Waals surface area (Å²) in [4.78, 5) is 20.1. The third-order valence-corrected chi connectivity index (χ3v) is 1.66. The van der Waals surface area contributed by atoms with Crippen molar-refractivity contribution in [1.82, 2.24) is 9.97 Å². The molecule has 0 aliphatic rings. The molecule has 0 aromatic carbocycles. The van der Waals surface area contributed by atoms with Gasteiger partial charge in [-0.3, -0.25) is 4.79 Å².